The van der Waals surface area contributed by atoms with E-state index in [1.807, 2.05) is 24.3 Å². The highest BCUT2D eigenvalue weighted by atomic mass is 32.1. The van der Waals surface area contributed by atoms with E-state index in [1.54, 1.807) is 5.38 Å². The fourth-order valence-corrected chi connectivity index (χ4v) is 4.25. The molecule has 1 aliphatic carbocycles. The number of carbonyl (C=O) groups is 2. The molecule has 0 saturated heterocycles. The molecule has 2 N–H and O–H groups in total. The molecule has 166 valence electrons. The van der Waals surface area contributed by atoms with Crippen molar-refractivity contribution < 1.29 is 14.3 Å². The Morgan fingerprint density at radius 1 is 1.12 bits per heavy atom. The largest absolute Gasteiger partial charge is 0.484 e. The normalized spacial score (nSPS) is 12.9. The van der Waals surface area contributed by atoms with Crippen molar-refractivity contribution >= 4 is 23.2 Å². The molecular formula is C25H27N3O3S. The van der Waals surface area contributed by atoms with E-state index < -0.39 is 0 Å². The van der Waals surface area contributed by atoms with Crippen molar-refractivity contribution in [2.24, 2.45) is 0 Å². The Bertz CT molecular complexity index is 1100. The topological polar surface area (TPSA) is 80.3 Å². The number of nitrogens with zero attached hydrogens (tertiary/aromatic N) is 1. The fraction of sp³-hybridized carbons (Fsp3) is 0.320. The van der Waals surface area contributed by atoms with Crippen LogP contribution >= 0.6 is 11.3 Å². The van der Waals surface area contributed by atoms with Crippen molar-refractivity contribution in [1.29, 1.82) is 0 Å². The zero-order chi connectivity index (χ0) is 22.5. The minimum absolute atomic E-state index is 0.0314. The van der Waals surface area contributed by atoms with Gasteiger partial charge in [-0.3, -0.25) is 9.59 Å². The second-order valence-electron chi connectivity index (χ2n) is 8.14. The Morgan fingerprint density at radius 3 is 2.62 bits per heavy atom. The first-order valence-electron chi connectivity index (χ1n) is 10.8. The van der Waals surface area contributed by atoms with Crippen molar-refractivity contribution in [2.45, 2.75) is 39.2 Å². The fourth-order valence-electron chi connectivity index (χ4n) is 3.36. The van der Waals surface area contributed by atoms with Crippen LogP contribution in [0, 0.1) is 13.8 Å². The number of benzene rings is 2. The molecule has 0 spiro atoms. The van der Waals surface area contributed by atoms with Gasteiger partial charge in [-0.15, -0.1) is 11.3 Å². The van der Waals surface area contributed by atoms with E-state index in [-0.39, 0.29) is 18.4 Å². The summed E-state index contributed by atoms with van der Waals surface area (Å²) in [5, 5.41) is 8.49. The molecule has 1 fully saturated rings. The van der Waals surface area contributed by atoms with Crippen molar-refractivity contribution in [2.75, 3.05) is 13.2 Å². The highest BCUT2D eigenvalue weighted by molar-refractivity contribution is 7.13. The maximum absolute atomic E-state index is 12.5. The lowest BCUT2D eigenvalue weighted by Crippen LogP contribution is -2.30. The maximum Gasteiger partial charge on any atom is 0.270 e. The number of ether oxygens (including phenoxy) is 1. The van der Waals surface area contributed by atoms with Crippen LogP contribution in [-0.4, -0.2) is 36.0 Å². The molecule has 2 amide bonds. The number of amides is 2. The van der Waals surface area contributed by atoms with E-state index in [4.69, 9.17) is 4.74 Å². The van der Waals surface area contributed by atoms with Crippen LogP contribution in [0.4, 0.5) is 0 Å². The number of hydrogen-bond acceptors (Lipinski definition) is 5. The maximum atomic E-state index is 12.5. The van der Waals surface area contributed by atoms with Gasteiger partial charge in [0, 0.05) is 23.5 Å². The lowest BCUT2D eigenvalue weighted by atomic mass is 10.1. The van der Waals surface area contributed by atoms with Crippen molar-refractivity contribution in [3.8, 4) is 16.3 Å². The molecule has 0 radical (unpaired) electrons. The molecule has 0 bridgehead atoms. The molecule has 1 aliphatic rings. The van der Waals surface area contributed by atoms with E-state index in [0.717, 1.165) is 34.5 Å². The van der Waals surface area contributed by atoms with Crippen LogP contribution in [0.2, 0.25) is 0 Å². The number of carbonyl (C=O) groups excluding carboxylic acids is 2. The summed E-state index contributed by atoms with van der Waals surface area (Å²) in [7, 11) is 0. The van der Waals surface area contributed by atoms with Gasteiger partial charge in [-0.05, 0) is 56.4 Å². The van der Waals surface area contributed by atoms with Crippen LogP contribution in [0.5, 0.6) is 5.75 Å². The van der Waals surface area contributed by atoms with Gasteiger partial charge in [-0.2, -0.15) is 0 Å². The first-order chi connectivity index (χ1) is 15.5. The highest BCUT2D eigenvalue weighted by Crippen LogP contribution is 2.27. The summed E-state index contributed by atoms with van der Waals surface area (Å²) < 4.78 is 5.52. The third-order valence-corrected chi connectivity index (χ3v) is 6.16. The minimum atomic E-state index is -0.168. The Balaban J connectivity index is 1.23. The van der Waals surface area contributed by atoms with Crippen LogP contribution in [0.3, 0.4) is 0 Å². The Kier molecular flexibility index (Phi) is 6.85. The van der Waals surface area contributed by atoms with Crippen LogP contribution in [-0.2, 0) is 11.2 Å². The lowest BCUT2D eigenvalue weighted by Gasteiger charge is -2.08. The monoisotopic (exact) mass is 449 g/mol. The van der Waals surface area contributed by atoms with Gasteiger partial charge in [0.15, 0.2) is 6.61 Å². The number of rotatable bonds is 9. The van der Waals surface area contributed by atoms with Crippen molar-refractivity contribution in [1.82, 2.24) is 15.6 Å². The molecule has 4 rings (SSSR count). The molecule has 0 unspecified atom stereocenters. The summed E-state index contributed by atoms with van der Waals surface area (Å²) in [4.78, 5) is 28.7. The second kappa shape index (κ2) is 9.96. The third-order valence-electron chi connectivity index (χ3n) is 5.28. The predicted octanol–water partition coefficient (Wildman–Crippen LogP) is 4.06. The summed E-state index contributed by atoms with van der Waals surface area (Å²) in [5.74, 6) is 0.408. The molecule has 1 heterocycles. The average Bonchev–Trinajstić information content (AvgIpc) is 3.45. The Labute approximate surface area is 192 Å². The average molecular weight is 450 g/mol. The minimum Gasteiger partial charge on any atom is -0.484 e. The van der Waals surface area contributed by atoms with E-state index in [2.05, 4.69) is 47.7 Å². The van der Waals surface area contributed by atoms with Crippen LogP contribution < -0.4 is 15.4 Å². The molecule has 1 saturated carbocycles. The smallest absolute Gasteiger partial charge is 0.270 e. The number of aryl methyl sites for hydroxylation is 2. The van der Waals surface area contributed by atoms with E-state index in [9.17, 15) is 9.59 Å². The molecular weight excluding hydrogens is 422 g/mol. The van der Waals surface area contributed by atoms with Gasteiger partial charge >= 0.3 is 0 Å². The number of thiazole rings is 1. The predicted molar refractivity (Wildman–Crippen MR) is 126 cm³/mol. The van der Waals surface area contributed by atoms with Gasteiger partial charge in [0.25, 0.3) is 11.8 Å². The number of aromatic nitrogens is 1. The van der Waals surface area contributed by atoms with Gasteiger partial charge in [-0.25, -0.2) is 4.98 Å². The molecule has 0 aliphatic heterocycles. The summed E-state index contributed by atoms with van der Waals surface area (Å²) in [6.45, 7) is 4.66. The van der Waals surface area contributed by atoms with Crippen LogP contribution in [0.1, 0.15) is 40.0 Å². The summed E-state index contributed by atoms with van der Waals surface area (Å²) in [6.07, 6.45) is 2.82. The zero-order valence-corrected chi connectivity index (χ0v) is 19.1. The lowest BCUT2D eigenvalue weighted by molar-refractivity contribution is -0.123. The van der Waals surface area contributed by atoms with Crippen LogP contribution in [0.15, 0.2) is 47.8 Å². The summed E-state index contributed by atoms with van der Waals surface area (Å²) in [6, 6.07) is 14.2. The standard InChI is InChI=1S/C25H27N3O3S/c1-16-3-10-21(17(2)13-16)25-28-22(15-32-25)24(30)26-12-11-18-4-8-20(9-5-18)31-14-23(29)27-19-6-7-19/h3-5,8-10,13,15,19H,6-7,11-12,14H2,1-2H3,(H,26,30)(H,27,29). The summed E-state index contributed by atoms with van der Waals surface area (Å²) in [5.41, 5.74) is 4.95. The van der Waals surface area contributed by atoms with Crippen LogP contribution in [0.25, 0.3) is 10.6 Å². The van der Waals surface area contributed by atoms with E-state index in [1.165, 1.54) is 16.9 Å². The van der Waals surface area contributed by atoms with Gasteiger partial charge in [-0.1, -0.05) is 35.9 Å². The van der Waals surface area contributed by atoms with Gasteiger partial charge in [0.2, 0.25) is 0 Å². The molecule has 32 heavy (non-hydrogen) atoms. The molecule has 7 heteroatoms. The molecule has 6 nitrogen and oxygen atoms in total. The molecule has 2 aromatic carbocycles. The number of hydrogen-bond donors (Lipinski definition) is 2. The quantitative estimate of drug-likeness (QED) is 0.516. The second-order valence-corrected chi connectivity index (χ2v) is 8.99. The zero-order valence-electron chi connectivity index (χ0n) is 18.3. The third kappa shape index (κ3) is 5.95. The molecule has 0 atom stereocenters. The molecule has 3 aromatic rings. The van der Waals surface area contributed by atoms with Gasteiger partial charge in [0.05, 0.1) is 0 Å². The van der Waals surface area contributed by atoms with E-state index in [0.29, 0.717) is 30.5 Å². The highest BCUT2D eigenvalue weighted by Gasteiger charge is 2.23. The van der Waals surface area contributed by atoms with Gasteiger partial charge in [0.1, 0.15) is 16.5 Å². The van der Waals surface area contributed by atoms with Crippen molar-refractivity contribution in [3.63, 3.8) is 0 Å². The Hall–Kier alpha value is -3.19. The van der Waals surface area contributed by atoms with Crippen molar-refractivity contribution in [3.05, 3.63) is 70.2 Å². The summed E-state index contributed by atoms with van der Waals surface area (Å²) >= 11 is 1.48. The van der Waals surface area contributed by atoms with Gasteiger partial charge < -0.3 is 15.4 Å². The SMILES string of the molecule is Cc1ccc(-c2nc(C(=O)NCCc3ccc(OCC(=O)NC4CC4)cc3)cs2)c(C)c1. The number of nitrogens with one attached hydrogen (secondary N) is 2. The molecule has 1 aromatic heterocycles. The Morgan fingerprint density at radius 2 is 1.91 bits per heavy atom. The van der Waals surface area contributed by atoms with E-state index >= 15 is 0 Å². The first-order valence-corrected chi connectivity index (χ1v) is 11.7. The first kappa shape index (κ1) is 22.0.